The lowest BCUT2D eigenvalue weighted by molar-refractivity contribution is 0.205. The summed E-state index contributed by atoms with van der Waals surface area (Å²) in [6, 6.07) is 6.82. The molecule has 1 saturated heterocycles. The Kier molecular flexibility index (Phi) is 2.56. The fraction of sp³-hybridized carbons (Fsp3) is 0.538. The lowest BCUT2D eigenvalue weighted by Crippen LogP contribution is -2.31. The first-order chi connectivity index (χ1) is 7.72. The minimum absolute atomic E-state index is 0.674. The normalized spacial score (nSPS) is 28.8. The van der Waals surface area contributed by atoms with Crippen LogP contribution in [0, 0.1) is 5.92 Å². The zero-order valence-corrected chi connectivity index (χ0v) is 10.1. The summed E-state index contributed by atoms with van der Waals surface area (Å²) in [5.74, 6) is 0.953. The van der Waals surface area contributed by atoms with Crippen molar-refractivity contribution in [2.75, 3.05) is 12.3 Å². The van der Waals surface area contributed by atoms with Crippen LogP contribution in [-0.2, 0) is 6.54 Å². The van der Waals surface area contributed by atoms with E-state index in [1.54, 1.807) is 0 Å². The molecule has 2 fully saturated rings. The highest BCUT2D eigenvalue weighted by Crippen LogP contribution is 2.38. The van der Waals surface area contributed by atoms with Crippen molar-refractivity contribution in [1.29, 1.82) is 0 Å². The molecule has 0 spiro atoms. The molecular formula is C13H17ClN2. The van der Waals surface area contributed by atoms with E-state index in [1.165, 1.54) is 31.4 Å². The highest BCUT2D eigenvalue weighted by molar-refractivity contribution is 6.33. The number of halogens is 1. The maximum Gasteiger partial charge on any atom is 0.0638 e. The molecule has 0 aromatic heterocycles. The number of likely N-dealkylation sites (tertiary alicyclic amines) is 1. The number of nitrogen functional groups attached to an aromatic ring is 1. The molecular weight excluding hydrogens is 220 g/mol. The van der Waals surface area contributed by atoms with Gasteiger partial charge in [0.25, 0.3) is 0 Å². The smallest absolute Gasteiger partial charge is 0.0638 e. The summed E-state index contributed by atoms with van der Waals surface area (Å²) in [4.78, 5) is 2.59. The number of rotatable bonds is 2. The van der Waals surface area contributed by atoms with Crippen molar-refractivity contribution in [3.05, 3.63) is 28.8 Å². The van der Waals surface area contributed by atoms with Gasteiger partial charge in [0.1, 0.15) is 0 Å². The van der Waals surface area contributed by atoms with Crippen LogP contribution in [0.4, 0.5) is 5.69 Å². The first-order valence-electron chi connectivity index (χ1n) is 6.00. The molecule has 1 aliphatic carbocycles. The van der Waals surface area contributed by atoms with Gasteiger partial charge in [0.05, 0.1) is 10.7 Å². The van der Waals surface area contributed by atoms with E-state index in [2.05, 4.69) is 11.0 Å². The van der Waals surface area contributed by atoms with Crippen LogP contribution in [0.25, 0.3) is 0 Å². The lowest BCUT2D eigenvalue weighted by Gasteiger charge is -2.26. The molecule has 86 valence electrons. The number of nitrogens with zero attached hydrogens (tertiary/aromatic N) is 1. The van der Waals surface area contributed by atoms with E-state index in [1.807, 2.05) is 12.1 Å². The van der Waals surface area contributed by atoms with Crippen LogP contribution in [0.3, 0.4) is 0 Å². The van der Waals surface area contributed by atoms with E-state index < -0.39 is 0 Å². The van der Waals surface area contributed by atoms with Gasteiger partial charge in [-0.2, -0.15) is 0 Å². The van der Waals surface area contributed by atoms with Gasteiger partial charge in [-0.1, -0.05) is 17.7 Å². The molecule has 2 nitrogen and oxygen atoms in total. The van der Waals surface area contributed by atoms with Crippen LogP contribution in [0.1, 0.15) is 24.8 Å². The third-order valence-electron chi connectivity index (χ3n) is 3.97. The summed E-state index contributed by atoms with van der Waals surface area (Å²) in [5, 5.41) is 0.682. The van der Waals surface area contributed by atoms with E-state index in [0.717, 1.165) is 18.5 Å². The van der Waals surface area contributed by atoms with Crippen LogP contribution < -0.4 is 5.73 Å². The van der Waals surface area contributed by atoms with Crippen molar-refractivity contribution < 1.29 is 0 Å². The van der Waals surface area contributed by atoms with Gasteiger partial charge in [0, 0.05) is 19.1 Å². The van der Waals surface area contributed by atoms with E-state index >= 15 is 0 Å². The number of fused-ring (bicyclic) bond motifs is 2. The number of nitrogens with two attached hydrogens (primary N) is 1. The van der Waals surface area contributed by atoms with Crippen LogP contribution in [0.5, 0.6) is 0 Å². The van der Waals surface area contributed by atoms with Gasteiger partial charge in [-0.25, -0.2) is 0 Å². The van der Waals surface area contributed by atoms with Gasteiger partial charge in [0.15, 0.2) is 0 Å². The lowest BCUT2D eigenvalue weighted by atomic mass is 10.1. The molecule has 2 unspecified atom stereocenters. The topological polar surface area (TPSA) is 29.3 Å². The Morgan fingerprint density at radius 3 is 2.88 bits per heavy atom. The highest BCUT2D eigenvalue weighted by atomic mass is 35.5. The molecule has 3 rings (SSSR count). The average Bonchev–Trinajstić information content (AvgIpc) is 2.85. The molecule has 2 N–H and O–H groups in total. The van der Waals surface area contributed by atoms with Gasteiger partial charge >= 0.3 is 0 Å². The molecule has 2 atom stereocenters. The van der Waals surface area contributed by atoms with E-state index in [-0.39, 0.29) is 0 Å². The molecule has 3 heteroatoms. The summed E-state index contributed by atoms with van der Waals surface area (Å²) in [5.41, 5.74) is 7.67. The Bertz CT molecular complexity index is 405. The van der Waals surface area contributed by atoms with Crippen molar-refractivity contribution in [3.8, 4) is 0 Å². The Labute approximate surface area is 101 Å². The minimum atomic E-state index is 0.674. The zero-order chi connectivity index (χ0) is 11.1. The minimum Gasteiger partial charge on any atom is -0.398 e. The monoisotopic (exact) mass is 236 g/mol. The Balaban J connectivity index is 1.72. The summed E-state index contributed by atoms with van der Waals surface area (Å²) < 4.78 is 0. The number of piperidine rings is 1. The number of hydrogen-bond acceptors (Lipinski definition) is 2. The fourth-order valence-electron chi connectivity index (χ4n) is 3.12. The third-order valence-corrected chi connectivity index (χ3v) is 4.30. The average molecular weight is 237 g/mol. The molecule has 1 heterocycles. The first kappa shape index (κ1) is 10.4. The maximum absolute atomic E-state index is 6.03. The quantitative estimate of drug-likeness (QED) is 0.801. The first-order valence-corrected chi connectivity index (χ1v) is 6.38. The number of benzene rings is 1. The van der Waals surface area contributed by atoms with Crippen LogP contribution in [0.2, 0.25) is 5.02 Å². The van der Waals surface area contributed by atoms with E-state index in [0.29, 0.717) is 10.7 Å². The molecule has 1 aliphatic heterocycles. The van der Waals surface area contributed by atoms with Gasteiger partial charge < -0.3 is 5.73 Å². The third kappa shape index (κ3) is 1.80. The standard InChI is InChI=1S/C13H17ClN2/c14-12-6-10(2-4-13(12)15)8-16-7-9-1-3-11(16)5-9/h2,4,6,9,11H,1,3,5,7-8,15H2. The molecule has 2 aliphatic rings. The number of hydrogen-bond donors (Lipinski definition) is 1. The molecule has 0 amide bonds. The summed E-state index contributed by atoms with van der Waals surface area (Å²) in [7, 11) is 0. The summed E-state index contributed by atoms with van der Waals surface area (Å²) in [6.45, 7) is 2.30. The molecule has 16 heavy (non-hydrogen) atoms. The van der Waals surface area contributed by atoms with Gasteiger partial charge in [-0.05, 0) is 42.9 Å². The Hall–Kier alpha value is -0.730. The molecule has 2 bridgehead atoms. The van der Waals surface area contributed by atoms with Gasteiger partial charge in [-0.3, -0.25) is 4.90 Å². The molecule has 1 saturated carbocycles. The van der Waals surface area contributed by atoms with E-state index in [9.17, 15) is 0 Å². The number of anilines is 1. The van der Waals surface area contributed by atoms with Gasteiger partial charge in [0.2, 0.25) is 0 Å². The SMILES string of the molecule is Nc1ccc(CN2CC3CCC2C3)cc1Cl. The van der Waals surface area contributed by atoms with Gasteiger partial charge in [-0.15, -0.1) is 0 Å². The van der Waals surface area contributed by atoms with Crippen LogP contribution in [-0.4, -0.2) is 17.5 Å². The maximum atomic E-state index is 6.03. The van der Waals surface area contributed by atoms with Crippen molar-refractivity contribution in [3.63, 3.8) is 0 Å². The second-order valence-corrected chi connectivity index (χ2v) is 5.53. The Morgan fingerprint density at radius 2 is 2.25 bits per heavy atom. The van der Waals surface area contributed by atoms with Crippen molar-refractivity contribution >= 4 is 17.3 Å². The molecule has 0 radical (unpaired) electrons. The molecule has 1 aromatic carbocycles. The van der Waals surface area contributed by atoms with Crippen LogP contribution >= 0.6 is 11.6 Å². The fourth-order valence-corrected chi connectivity index (χ4v) is 3.33. The second kappa shape index (κ2) is 3.94. The predicted octanol–water partition coefficient (Wildman–Crippen LogP) is 2.91. The second-order valence-electron chi connectivity index (χ2n) is 5.12. The highest BCUT2D eigenvalue weighted by Gasteiger charge is 2.37. The largest absolute Gasteiger partial charge is 0.398 e. The van der Waals surface area contributed by atoms with Crippen molar-refractivity contribution in [1.82, 2.24) is 4.90 Å². The van der Waals surface area contributed by atoms with Crippen molar-refractivity contribution in [2.24, 2.45) is 5.92 Å². The summed E-state index contributed by atoms with van der Waals surface area (Å²) >= 11 is 6.03. The zero-order valence-electron chi connectivity index (χ0n) is 9.32. The van der Waals surface area contributed by atoms with E-state index in [4.69, 9.17) is 17.3 Å². The predicted molar refractivity (Wildman–Crippen MR) is 67.4 cm³/mol. The Morgan fingerprint density at radius 1 is 1.38 bits per heavy atom. The van der Waals surface area contributed by atoms with Crippen molar-refractivity contribution in [2.45, 2.75) is 31.8 Å². The summed E-state index contributed by atoms with van der Waals surface area (Å²) in [6.07, 6.45) is 4.22. The van der Waals surface area contributed by atoms with Crippen LogP contribution in [0.15, 0.2) is 18.2 Å². The molecule has 1 aromatic rings.